The second-order valence-corrected chi connectivity index (χ2v) is 4.91. The Bertz CT molecular complexity index is 379. The number of aromatic nitrogens is 1. The van der Waals surface area contributed by atoms with Crippen molar-refractivity contribution in [1.82, 2.24) is 10.3 Å². The quantitative estimate of drug-likeness (QED) is 0.819. The van der Waals surface area contributed by atoms with Crippen molar-refractivity contribution in [2.75, 3.05) is 0 Å². The molecule has 1 aromatic rings. The fourth-order valence-corrected chi connectivity index (χ4v) is 1.62. The predicted octanol–water partition coefficient (Wildman–Crippen LogP) is 2.87. The van der Waals surface area contributed by atoms with Crippen LogP contribution in [0.1, 0.15) is 44.9 Å². The molecule has 1 atom stereocenters. The van der Waals surface area contributed by atoms with E-state index < -0.39 is 0 Å². The summed E-state index contributed by atoms with van der Waals surface area (Å²) in [6, 6.07) is 6.35. The van der Waals surface area contributed by atoms with Crippen molar-refractivity contribution in [3.63, 3.8) is 0 Å². The maximum absolute atomic E-state index is 8.75. The molecule has 0 spiro atoms. The van der Waals surface area contributed by atoms with Crippen LogP contribution in [0.3, 0.4) is 0 Å². The van der Waals surface area contributed by atoms with Gasteiger partial charge < -0.3 is 5.32 Å². The summed E-state index contributed by atoms with van der Waals surface area (Å²) >= 11 is 0. The van der Waals surface area contributed by atoms with Crippen LogP contribution in [0, 0.1) is 17.2 Å². The summed E-state index contributed by atoms with van der Waals surface area (Å²) in [5.41, 5.74) is 1.60. The van der Waals surface area contributed by atoms with E-state index in [2.05, 4.69) is 37.1 Å². The average Bonchev–Trinajstić information content (AvgIpc) is 2.34. The molecular weight excluding hydrogens is 210 g/mol. The Hall–Kier alpha value is -1.40. The zero-order valence-corrected chi connectivity index (χ0v) is 10.9. The highest BCUT2D eigenvalue weighted by molar-refractivity contribution is 5.25. The van der Waals surface area contributed by atoms with E-state index in [9.17, 15) is 0 Å². The van der Waals surface area contributed by atoms with Gasteiger partial charge >= 0.3 is 0 Å². The molecule has 0 amide bonds. The van der Waals surface area contributed by atoms with Crippen molar-refractivity contribution in [2.24, 2.45) is 5.92 Å². The molecule has 0 aromatic carbocycles. The molecule has 1 unspecified atom stereocenters. The Morgan fingerprint density at radius 1 is 1.35 bits per heavy atom. The van der Waals surface area contributed by atoms with Crippen molar-refractivity contribution in [3.05, 3.63) is 29.6 Å². The smallest absolute Gasteiger partial charge is 0.140 e. The van der Waals surface area contributed by atoms with Crippen molar-refractivity contribution in [1.29, 1.82) is 5.26 Å². The van der Waals surface area contributed by atoms with Gasteiger partial charge in [0.2, 0.25) is 0 Å². The van der Waals surface area contributed by atoms with Gasteiger partial charge in [-0.15, -0.1) is 0 Å². The van der Waals surface area contributed by atoms with Crippen LogP contribution in [0.15, 0.2) is 18.3 Å². The third kappa shape index (κ3) is 5.46. The van der Waals surface area contributed by atoms with E-state index in [-0.39, 0.29) is 0 Å². The molecule has 0 bridgehead atoms. The van der Waals surface area contributed by atoms with E-state index in [1.807, 2.05) is 12.1 Å². The first-order valence-corrected chi connectivity index (χ1v) is 6.20. The van der Waals surface area contributed by atoms with Crippen LogP contribution < -0.4 is 5.32 Å². The molecule has 0 aliphatic rings. The van der Waals surface area contributed by atoms with E-state index in [0.717, 1.165) is 18.0 Å². The van der Waals surface area contributed by atoms with Crippen LogP contribution in [0.4, 0.5) is 0 Å². The number of rotatable bonds is 6. The highest BCUT2D eigenvalue weighted by atomic mass is 14.9. The van der Waals surface area contributed by atoms with Crippen LogP contribution in [-0.4, -0.2) is 11.0 Å². The Kier molecular flexibility index (Phi) is 5.65. The number of hydrogen-bond donors (Lipinski definition) is 1. The molecule has 1 N–H and O–H groups in total. The van der Waals surface area contributed by atoms with Gasteiger partial charge in [-0.05, 0) is 43.4 Å². The van der Waals surface area contributed by atoms with Crippen LogP contribution >= 0.6 is 0 Å². The molecule has 1 heterocycles. The topological polar surface area (TPSA) is 48.7 Å². The fourth-order valence-electron chi connectivity index (χ4n) is 1.62. The normalized spacial score (nSPS) is 12.4. The highest BCUT2D eigenvalue weighted by Gasteiger charge is 2.03. The second-order valence-electron chi connectivity index (χ2n) is 4.91. The Morgan fingerprint density at radius 3 is 2.76 bits per heavy atom. The molecular formula is C14H21N3. The van der Waals surface area contributed by atoms with Crippen molar-refractivity contribution in [3.8, 4) is 6.07 Å². The third-order valence-electron chi connectivity index (χ3n) is 2.77. The lowest BCUT2D eigenvalue weighted by molar-refractivity contribution is 0.450. The lowest BCUT2D eigenvalue weighted by Gasteiger charge is -2.15. The van der Waals surface area contributed by atoms with E-state index >= 15 is 0 Å². The standard InChI is InChI=1S/C14H21N3/c1-11(2)4-5-12(3)17-10-13-6-7-16-14(8-13)9-15/h6-8,11-12,17H,4-5,10H2,1-3H3. The summed E-state index contributed by atoms with van der Waals surface area (Å²) in [5, 5.41) is 12.2. The molecule has 3 heteroatoms. The van der Waals surface area contributed by atoms with Gasteiger partial charge in [0.25, 0.3) is 0 Å². The highest BCUT2D eigenvalue weighted by Crippen LogP contribution is 2.07. The largest absolute Gasteiger partial charge is 0.310 e. The van der Waals surface area contributed by atoms with E-state index in [1.54, 1.807) is 6.20 Å². The maximum atomic E-state index is 8.75. The predicted molar refractivity (Wildman–Crippen MR) is 69.3 cm³/mol. The lowest BCUT2D eigenvalue weighted by atomic mass is 10.0. The lowest BCUT2D eigenvalue weighted by Crippen LogP contribution is -2.25. The fraction of sp³-hybridized carbons (Fsp3) is 0.571. The summed E-state index contributed by atoms with van der Waals surface area (Å²) in [6.07, 6.45) is 4.12. The van der Waals surface area contributed by atoms with Gasteiger partial charge in [0.1, 0.15) is 11.8 Å². The van der Waals surface area contributed by atoms with Gasteiger partial charge in [-0.2, -0.15) is 5.26 Å². The van der Waals surface area contributed by atoms with Crippen LogP contribution in [0.2, 0.25) is 0 Å². The number of nitrogens with one attached hydrogen (secondary N) is 1. The number of pyridine rings is 1. The Morgan fingerprint density at radius 2 is 2.12 bits per heavy atom. The van der Waals surface area contributed by atoms with Crippen LogP contribution in [-0.2, 0) is 6.54 Å². The minimum Gasteiger partial charge on any atom is -0.310 e. The minimum atomic E-state index is 0.485. The molecule has 3 nitrogen and oxygen atoms in total. The molecule has 1 rings (SSSR count). The summed E-state index contributed by atoms with van der Waals surface area (Å²) < 4.78 is 0. The minimum absolute atomic E-state index is 0.485. The summed E-state index contributed by atoms with van der Waals surface area (Å²) in [7, 11) is 0. The number of nitrogens with zero attached hydrogens (tertiary/aromatic N) is 2. The van der Waals surface area contributed by atoms with Gasteiger partial charge in [-0.1, -0.05) is 13.8 Å². The van der Waals surface area contributed by atoms with Gasteiger partial charge in [0.15, 0.2) is 0 Å². The molecule has 0 fully saturated rings. The molecule has 0 aliphatic carbocycles. The second kappa shape index (κ2) is 7.03. The van der Waals surface area contributed by atoms with Gasteiger partial charge in [-0.3, -0.25) is 0 Å². The first-order chi connectivity index (χ1) is 8.11. The molecule has 0 radical (unpaired) electrons. The first kappa shape index (κ1) is 13.7. The van der Waals surface area contributed by atoms with Crippen LogP contribution in [0.5, 0.6) is 0 Å². The van der Waals surface area contributed by atoms with Crippen molar-refractivity contribution in [2.45, 2.75) is 46.2 Å². The average molecular weight is 231 g/mol. The molecule has 1 aromatic heterocycles. The monoisotopic (exact) mass is 231 g/mol. The SMILES string of the molecule is CC(C)CCC(C)NCc1ccnc(C#N)c1. The van der Waals surface area contributed by atoms with Crippen molar-refractivity contribution < 1.29 is 0 Å². The molecule has 0 aliphatic heterocycles. The molecule has 92 valence electrons. The zero-order valence-electron chi connectivity index (χ0n) is 10.9. The van der Waals surface area contributed by atoms with Gasteiger partial charge in [0.05, 0.1) is 0 Å². The van der Waals surface area contributed by atoms with Gasteiger partial charge in [-0.25, -0.2) is 4.98 Å². The molecule has 0 saturated carbocycles. The summed E-state index contributed by atoms with van der Waals surface area (Å²) in [4.78, 5) is 3.96. The molecule has 0 saturated heterocycles. The summed E-state index contributed by atoms with van der Waals surface area (Å²) in [5.74, 6) is 0.755. The van der Waals surface area contributed by atoms with Gasteiger partial charge in [0, 0.05) is 18.8 Å². The maximum Gasteiger partial charge on any atom is 0.140 e. The van der Waals surface area contributed by atoms with E-state index in [1.165, 1.54) is 12.8 Å². The summed E-state index contributed by atoms with van der Waals surface area (Å²) in [6.45, 7) is 7.49. The molecule has 17 heavy (non-hydrogen) atoms. The number of hydrogen-bond acceptors (Lipinski definition) is 3. The number of nitriles is 1. The van der Waals surface area contributed by atoms with Crippen molar-refractivity contribution >= 4 is 0 Å². The Labute approximate surface area is 104 Å². The zero-order chi connectivity index (χ0) is 12.7. The Balaban J connectivity index is 2.37. The first-order valence-electron chi connectivity index (χ1n) is 6.20. The van der Waals surface area contributed by atoms with E-state index in [4.69, 9.17) is 5.26 Å². The third-order valence-corrected chi connectivity index (χ3v) is 2.77. The van der Waals surface area contributed by atoms with Crippen LogP contribution in [0.25, 0.3) is 0 Å². The van der Waals surface area contributed by atoms with E-state index in [0.29, 0.717) is 11.7 Å².